The topological polar surface area (TPSA) is 18.5 Å². The van der Waals surface area contributed by atoms with Crippen molar-refractivity contribution in [3.63, 3.8) is 0 Å². The van der Waals surface area contributed by atoms with Crippen molar-refractivity contribution in [3.05, 3.63) is 0 Å². The van der Waals surface area contributed by atoms with Gasteiger partial charge in [-0.05, 0) is 13.8 Å². The summed E-state index contributed by atoms with van der Waals surface area (Å²) in [5.74, 6) is 0. The zero-order chi connectivity index (χ0) is 6.69. The second-order valence-electron chi connectivity index (χ2n) is 2.22. The van der Waals surface area contributed by atoms with Crippen molar-refractivity contribution in [2.75, 3.05) is 13.2 Å². The largest absolute Gasteiger partial charge is 0.376 e. The average molecular weight is 130 g/mol. The predicted molar refractivity (Wildman–Crippen MR) is 35.4 cm³/mol. The smallest absolute Gasteiger partial charge is 0.0863 e. The number of rotatable bonds is 4. The van der Waals surface area contributed by atoms with E-state index in [9.17, 15) is 0 Å². The Morgan fingerprint density at radius 3 is 1.89 bits per heavy atom. The van der Waals surface area contributed by atoms with E-state index in [4.69, 9.17) is 9.47 Å². The summed E-state index contributed by atoms with van der Waals surface area (Å²) in [6.07, 6.45) is 1.92. The van der Waals surface area contributed by atoms with E-state index in [1.54, 1.807) is 0 Å². The lowest BCUT2D eigenvalue weighted by molar-refractivity contribution is 0.0535. The summed E-state index contributed by atoms with van der Waals surface area (Å²) in [5.41, 5.74) is 0. The minimum atomic E-state index is 0.412. The predicted octanol–water partition coefficient (Wildman–Crippen LogP) is 1.20. The molecule has 2 atom stereocenters. The van der Waals surface area contributed by atoms with Crippen LogP contribution in [0.25, 0.3) is 0 Å². The highest BCUT2D eigenvalue weighted by Gasteiger charge is 2.38. The molecule has 54 valence electrons. The summed E-state index contributed by atoms with van der Waals surface area (Å²) >= 11 is 0. The lowest BCUT2D eigenvalue weighted by Crippen LogP contribution is -2.02. The monoisotopic (exact) mass is 130 g/mol. The molecule has 0 aromatic heterocycles. The first kappa shape index (κ1) is 7.03. The summed E-state index contributed by atoms with van der Waals surface area (Å²) < 4.78 is 10.6. The zero-order valence-electron chi connectivity index (χ0n) is 6.09. The zero-order valence-corrected chi connectivity index (χ0v) is 6.09. The van der Waals surface area contributed by atoms with E-state index in [1.807, 2.05) is 13.8 Å². The quantitative estimate of drug-likeness (QED) is 0.569. The van der Waals surface area contributed by atoms with Crippen molar-refractivity contribution >= 4 is 0 Å². The Labute approximate surface area is 56.2 Å². The maximum atomic E-state index is 5.29. The summed E-state index contributed by atoms with van der Waals surface area (Å²) in [6.45, 7) is 5.66. The van der Waals surface area contributed by atoms with E-state index < -0.39 is 0 Å². The van der Waals surface area contributed by atoms with Crippen LogP contribution >= 0.6 is 0 Å². The first-order chi connectivity index (χ1) is 4.38. The Kier molecular flexibility index (Phi) is 2.49. The van der Waals surface area contributed by atoms with E-state index in [0.29, 0.717) is 12.2 Å². The van der Waals surface area contributed by atoms with E-state index in [0.717, 1.165) is 19.6 Å². The molecule has 1 rings (SSSR count). The van der Waals surface area contributed by atoms with E-state index >= 15 is 0 Å². The van der Waals surface area contributed by atoms with Gasteiger partial charge in [-0.3, -0.25) is 0 Å². The first-order valence-corrected chi connectivity index (χ1v) is 3.61. The Hall–Kier alpha value is -0.0800. The molecular weight excluding hydrogens is 116 g/mol. The van der Waals surface area contributed by atoms with Crippen molar-refractivity contribution in [2.24, 2.45) is 0 Å². The second kappa shape index (κ2) is 3.18. The van der Waals surface area contributed by atoms with Crippen LogP contribution in [-0.2, 0) is 9.47 Å². The highest BCUT2D eigenvalue weighted by atomic mass is 16.6. The normalized spacial score (nSPS) is 32.7. The highest BCUT2D eigenvalue weighted by Crippen LogP contribution is 2.28. The number of hydrogen-bond acceptors (Lipinski definition) is 2. The fourth-order valence-corrected chi connectivity index (χ4v) is 0.929. The van der Waals surface area contributed by atoms with Gasteiger partial charge in [0.05, 0.1) is 12.2 Å². The Morgan fingerprint density at radius 2 is 1.56 bits per heavy atom. The molecule has 0 aromatic carbocycles. The van der Waals surface area contributed by atoms with Crippen LogP contribution in [0.3, 0.4) is 0 Å². The molecule has 9 heavy (non-hydrogen) atoms. The molecule has 0 aromatic rings. The lowest BCUT2D eigenvalue weighted by Gasteiger charge is -1.98. The van der Waals surface area contributed by atoms with Crippen LogP contribution in [0.2, 0.25) is 0 Å². The fourth-order valence-electron chi connectivity index (χ4n) is 0.929. The molecule has 0 unspecified atom stereocenters. The minimum absolute atomic E-state index is 0.412. The highest BCUT2D eigenvalue weighted by molar-refractivity contribution is 4.88. The number of hydrogen-bond donors (Lipinski definition) is 0. The minimum Gasteiger partial charge on any atom is -0.376 e. The molecule has 0 saturated heterocycles. The Morgan fingerprint density at radius 1 is 1.11 bits per heavy atom. The standard InChI is InChI=1S/C7H14O2/c1-3-8-6-5-7(6)9-4-2/h6-7H,3-5H2,1-2H3/t6-,7-/m1/s1. The van der Waals surface area contributed by atoms with Gasteiger partial charge in [0.25, 0.3) is 0 Å². The summed E-state index contributed by atoms with van der Waals surface area (Å²) in [6, 6.07) is 0. The molecule has 0 spiro atoms. The molecule has 1 saturated carbocycles. The molecule has 1 aliphatic rings. The van der Waals surface area contributed by atoms with Gasteiger partial charge in [-0.1, -0.05) is 0 Å². The maximum absolute atomic E-state index is 5.29. The maximum Gasteiger partial charge on any atom is 0.0863 e. The molecular formula is C7H14O2. The van der Waals surface area contributed by atoms with Gasteiger partial charge in [0.15, 0.2) is 0 Å². The van der Waals surface area contributed by atoms with Crippen molar-refractivity contribution in [1.82, 2.24) is 0 Å². The van der Waals surface area contributed by atoms with Gasteiger partial charge in [0.2, 0.25) is 0 Å². The van der Waals surface area contributed by atoms with E-state index in [1.165, 1.54) is 0 Å². The summed E-state index contributed by atoms with van der Waals surface area (Å²) in [7, 11) is 0. The van der Waals surface area contributed by atoms with Gasteiger partial charge < -0.3 is 9.47 Å². The summed E-state index contributed by atoms with van der Waals surface area (Å²) in [5, 5.41) is 0. The molecule has 1 aliphatic carbocycles. The van der Waals surface area contributed by atoms with Crippen molar-refractivity contribution in [1.29, 1.82) is 0 Å². The molecule has 0 heterocycles. The van der Waals surface area contributed by atoms with Gasteiger partial charge in [-0.25, -0.2) is 0 Å². The molecule has 2 heteroatoms. The SMILES string of the molecule is CCO[C@@H]1C[C@H]1OCC. The van der Waals surface area contributed by atoms with Crippen LogP contribution in [0, 0.1) is 0 Å². The third kappa shape index (κ3) is 1.95. The Balaban J connectivity index is 1.96. The molecule has 1 fully saturated rings. The average Bonchev–Trinajstić information content (AvgIpc) is 2.50. The fraction of sp³-hybridized carbons (Fsp3) is 1.00. The van der Waals surface area contributed by atoms with Crippen LogP contribution in [0.1, 0.15) is 20.3 Å². The van der Waals surface area contributed by atoms with Gasteiger partial charge in [-0.2, -0.15) is 0 Å². The molecule has 0 bridgehead atoms. The molecule has 0 N–H and O–H groups in total. The van der Waals surface area contributed by atoms with Gasteiger partial charge in [0, 0.05) is 19.6 Å². The van der Waals surface area contributed by atoms with E-state index in [2.05, 4.69) is 0 Å². The third-order valence-electron chi connectivity index (χ3n) is 1.44. The van der Waals surface area contributed by atoms with Gasteiger partial charge >= 0.3 is 0 Å². The Bertz CT molecular complexity index is 73.0. The molecule has 0 amide bonds. The van der Waals surface area contributed by atoms with E-state index in [-0.39, 0.29) is 0 Å². The van der Waals surface area contributed by atoms with Crippen molar-refractivity contribution in [2.45, 2.75) is 32.5 Å². The van der Waals surface area contributed by atoms with Crippen LogP contribution in [-0.4, -0.2) is 25.4 Å². The molecule has 2 nitrogen and oxygen atoms in total. The second-order valence-corrected chi connectivity index (χ2v) is 2.22. The van der Waals surface area contributed by atoms with Crippen LogP contribution < -0.4 is 0 Å². The van der Waals surface area contributed by atoms with Gasteiger partial charge in [0.1, 0.15) is 0 Å². The van der Waals surface area contributed by atoms with Crippen molar-refractivity contribution in [3.8, 4) is 0 Å². The van der Waals surface area contributed by atoms with Crippen LogP contribution in [0.5, 0.6) is 0 Å². The molecule has 0 radical (unpaired) electrons. The molecule has 0 aliphatic heterocycles. The summed E-state index contributed by atoms with van der Waals surface area (Å²) in [4.78, 5) is 0. The van der Waals surface area contributed by atoms with Crippen LogP contribution in [0.15, 0.2) is 0 Å². The van der Waals surface area contributed by atoms with Gasteiger partial charge in [-0.15, -0.1) is 0 Å². The third-order valence-corrected chi connectivity index (χ3v) is 1.44. The van der Waals surface area contributed by atoms with Crippen LogP contribution in [0.4, 0.5) is 0 Å². The number of ether oxygens (including phenoxy) is 2. The lowest BCUT2D eigenvalue weighted by atomic mass is 10.7. The van der Waals surface area contributed by atoms with Crippen molar-refractivity contribution < 1.29 is 9.47 Å². The first-order valence-electron chi connectivity index (χ1n) is 3.61.